The van der Waals surface area contributed by atoms with Gasteiger partial charge in [-0.2, -0.15) is 0 Å². The number of rotatable bonds is 3. The molecule has 1 amide bonds. The highest BCUT2D eigenvalue weighted by atomic mass is 79.9. The maximum absolute atomic E-state index is 11.8. The molecule has 0 radical (unpaired) electrons. The number of carbonyl (C=O) groups excluding carboxylic acids is 2. The van der Waals surface area contributed by atoms with E-state index in [1.165, 1.54) is 13.3 Å². The molecule has 0 aliphatic carbocycles. The Labute approximate surface area is 113 Å². The molecule has 1 aromatic heterocycles. The van der Waals surface area contributed by atoms with E-state index >= 15 is 0 Å². The number of aromatic nitrogens is 1. The zero-order valence-corrected chi connectivity index (χ0v) is 11.5. The SMILES string of the molecule is COC(=O)c1ccc(N2CC(CBr)CC2=O)nc1. The van der Waals surface area contributed by atoms with Crippen molar-refractivity contribution in [2.24, 2.45) is 5.92 Å². The molecule has 0 N–H and O–H groups in total. The smallest absolute Gasteiger partial charge is 0.339 e. The van der Waals surface area contributed by atoms with E-state index in [1.807, 2.05) is 0 Å². The van der Waals surface area contributed by atoms with Crippen molar-refractivity contribution in [2.75, 3.05) is 23.9 Å². The first-order chi connectivity index (χ1) is 8.65. The number of pyridine rings is 1. The van der Waals surface area contributed by atoms with E-state index < -0.39 is 5.97 Å². The molecule has 96 valence electrons. The summed E-state index contributed by atoms with van der Waals surface area (Å²) in [7, 11) is 1.32. The molecule has 6 heteroatoms. The van der Waals surface area contributed by atoms with Crippen LogP contribution in [0.5, 0.6) is 0 Å². The van der Waals surface area contributed by atoms with E-state index in [1.54, 1.807) is 17.0 Å². The van der Waals surface area contributed by atoms with Gasteiger partial charge in [-0.05, 0) is 18.1 Å². The van der Waals surface area contributed by atoms with Gasteiger partial charge < -0.3 is 4.74 Å². The number of amides is 1. The summed E-state index contributed by atoms with van der Waals surface area (Å²) in [4.78, 5) is 28.8. The lowest BCUT2D eigenvalue weighted by Crippen LogP contribution is -2.25. The molecule has 0 aromatic carbocycles. The Hall–Kier alpha value is -1.43. The summed E-state index contributed by atoms with van der Waals surface area (Å²) in [5.74, 6) is 0.536. The normalized spacial score (nSPS) is 19.1. The van der Waals surface area contributed by atoms with Crippen molar-refractivity contribution in [3.8, 4) is 0 Å². The van der Waals surface area contributed by atoms with Crippen molar-refractivity contribution in [3.63, 3.8) is 0 Å². The summed E-state index contributed by atoms with van der Waals surface area (Å²) in [6.07, 6.45) is 1.96. The number of esters is 1. The third kappa shape index (κ3) is 2.53. The van der Waals surface area contributed by atoms with E-state index in [9.17, 15) is 9.59 Å². The molecule has 1 unspecified atom stereocenters. The van der Waals surface area contributed by atoms with Crippen LogP contribution in [0.3, 0.4) is 0 Å². The number of hydrogen-bond donors (Lipinski definition) is 0. The molecule has 1 aromatic rings. The number of ether oxygens (including phenoxy) is 1. The van der Waals surface area contributed by atoms with E-state index in [2.05, 4.69) is 25.7 Å². The van der Waals surface area contributed by atoms with Gasteiger partial charge in [0.2, 0.25) is 5.91 Å². The predicted molar refractivity (Wildman–Crippen MR) is 69.8 cm³/mol. The predicted octanol–water partition coefficient (Wildman–Crippen LogP) is 1.62. The second-order valence-electron chi connectivity index (χ2n) is 4.13. The van der Waals surface area contributed by atoms with Gasteiger partial charge in [-0.15, -0.1) is 0 Å². The molecule has 1 atom stereocenters. The molecular weight excluding hydrogens is 300 g/mol. The first-order valence-electron chi connectivity index (χ1n) is 5.56. The highest BCUT2D eigenvalue weighted by molar-refractivity contribution is 9.09. The molecule has 1 saturated heterocycles. The van der Waals surface area contributed by atoms with Gasteiger partial charge in [-0.25, -0.2) is 9.78 Å². The lowest BCUT2D eigenvalue weighted by molar-refractivity contribution is -0.117. The number of nitrogens with zero attached hydrogens (tertiary/aromatic N) is 2. The van der Waals surface area contributed by atoms with Crippen LogP contribution < -0.4 is 4.90 Å². The van der Waals surface area contributed by atoms with Crippen LogP contribution in [0.15, 0.2) is 18.3 Å². The highest BCUT2D eigenvalue weighted by Crippen LogP contribution is 2.24. The minimum atomic E-state index is -0.430. The number of alkyl halides is 1. The number of carbonyl (C=O) groups is 2. The topological polar surface area (TPSA) is 59.5 Å². The third-order valence-electron chi connectivity index (χ3n) is 2.87. The van der Waals surface area contributed by atoms with Crippen LogP contribution in [-0.2, 0) is 9.53 Å². The van der Waals surface area contributed by atoms with Gasteiger partial charge in [0.05, 0.1) is 12.7 Å². The van der Waals surface area contributed by atoms with Gasteiger partial charge in [-0.1, -0.05) is 15.9 Å². The Morgan fingerprint density at radius 3 is 2.89 bits per heavy atom. The van der Waals surface area contributed by atoms with Gasteiger partial charge in [0, 0.05) is 24.5 Å². The molecule has 2 rings (SSSR count). The van der Waals surface area contributed by atoms with E-state index in [4.69, 9.17) is 0 Å². The van der Waals surface area contributed by atoms with Crippen LogP contribution in [0.2, 0.25) is 0 Å². The fourth-order valence-electron chi connectivity index (χ4n) is 1.89. The largest absolute Gasteiger partial charge is 0.465 e. The Bertz CT molecular complexity index is 461. The number of halogens is 1. The lowest BCUT2D eigenvalue weighted by atomic mass is 10.2. The number of hydrogen-bond acceptors (Lipinski definition) is 4. The molecule has 0 saturated carbocycles. The van der Waals surface area contributed by atoms with Crippen molar-refractivity contribution in [2.45, 2.75) is 6.42 Å². The lowest BCUT2D eigenvalue weighted by Gasteiger charge is -2.15. The fourth-order valence-corrected chi connectivity index (χ4v) is 2.32. The molecule has 0 spiro atoms. The quantitative estimate of drug-likeness (QED) is 0.628. The molecule has 5 nitrogen and oxygen atoms in total. The monoisotopic (exact) mass is 312 g/mol. The maximum Gasteiger partial charge on any atom is 0.339 e. The summed E-state index contributed by atoms with van der Waals surface area (Å²) in [6.45, 7) is 0.661. The first-order valence-corrected chi connectivity index (χ1v) is 6.68. The molecule has 1 fully saturated rings. The zero-order valence-electron chi connectivity index (χ0n) is 9.93. The van der Waals surface area contributed by atoms with Crippen LogP contribution in [0.1, 0.15) is 16.8 Å². The minimum absolute atomic E-state index is 0.0674. The van der Waals surface area contributed by atoms with Gasteiger partial charge in [0.1, 0.15) is 5.82 Å². The summed E-state index contributed by atoms with van der Waals surface area (Å²) in [6, 6.07) is 3.28. The highest BCUT2D eigenvalue weighted by Gasteiger charge is 2.30. The fraction of sp³-hybridized carbons (Fsp3) is 0.417. The van der Waals surface area contributed by atoms with Gasteiger partial charge in [0.25, 0.3) is 0 Å². The average Bonchev–Trinajstić information content (AvgIpc) is 2.79. The molecule has 1 aliphatic heterocycles. The second-order valence-corrected chi connectivity index (χ2v) is 4.77. The van der Waals surface area contributed by atoms with E-state index in [-0.39, 0.29) is 5.91 Å². The first kappa shape index (κ1) is 13.0. The average molecular weight is 313 g/mol. The van der Waals surface area contributed by atoms with Crippen LogP contribution in [-0.4, -0.2) is 35.8 Å². The summed E-state index contributed by atoms with van der Waals surface area (Å²) < 4.78 is 4.59. The van der Waals surface area contributed by atoms with Crippen LogP contribution >= 0.6 is 15.9 Å². The molecule has 0 bridgehead atoms. The molecule has 1 aliphatic rings. The van der Waals surface area contributed by atoms with Gasteiger partial charge >= 0.3 is 5.97 Å². The Balaban J connectivity index is 2.15. The third-order valence-corrected chi connectivity index (χ3v) is 3.78. The zero-order chi connectivity index (χ0) is 13.1. The number of methoxy groups -OCH3 is 1. The van der Waals surface area contributed by atoms with Crippen LogP contribution in [0.4, 0.5) is 5.82 Å². The standard InChI is InChI=1S/C12H13BrN2O3/c1-18-12(17)9-2-3-10(14-6-9)15-7-8(5-13)4-11(15)16/h2-3,6,8H,4-5,7H2,1H3. The molecule has 18 heavy (non-hydrogen) atoms. The summed E-state index contributed by atoms with van der Waals surface area (Å²) in [5, 5.41) is 0.801. The molecule has 2 heterocycles. The van der Waals surface area contributed by atoms with E-state index in [0.29, 0.717) is 30.3 Å². The van der Waals surface area contributed by atoms with Gasteiger partial charge in [0.15, 0.2) is 0 Å². The van der Waals surface area contributed by atoms with Crippen molar-refractivity contribution < 1.29 is 14.3 Å². The minimum Gasteiger partial charge on any atom is -0.465 e. The van der Waals surface area contributed by atoms with Crippen molar-refractivity contribution in [1.29, 1.82) is 0 Å². The van der Waals surface area contributed by atoms with Crippen molar-refractivity contribution in [3.05, 3.63) is 23.9 Å². The molecular formula is C12H13BrN2O3. The Morgan fingerprint density at radius 2 is 2.39 bits per heavy atom. The van der Waals surface area contributed by atoms with Crippen molar-refractivity contribution >= 4 is 33.6 Å². The van der Waals surface area contributed by atoms with Crippen molar-refractivity contribution in [1.82, 2.24) is 4.98 Å². The summed E-state index contributed by atoms with van der Waals surface area (Å²) in [5.41, 5.74) is 0.380. The maximum atomic E-state index is 11.8. The van der Waals surface area contributed by atoms with E-state index in [0.717, 1.165) is 5.33 Å². The van der Waals surface area contributed by atoms with Crippen LogP contribution in [0.25, 0.3) is 0 Å². The van der Waals surface area contributed by atoms with Gasteiger partial charge in [-0.3, -0.25) is 9.69 Å². The Morgan fingerprint density at radius 1 is 1.61 bits per heavy atom. The Kier molecular flexibility index (Phi) is 3.96. The van der Waals surface area contributed by atoms with Crippen LogP contribution in [0, 0.1) is 5.92 Å². The summed E-state index contributed by atoms with van der Waals surface area (Å²) >= 11 is 3.38. The number of anilines is 1. The second kappa shape index (κ2) is 5.48.